The molecule has 0 aliphatic carbocycles. The number of carbonyl (C=O) groups is 1. The number of halogens is 1. The molecule has 2 rings (SSSR count). The van der Waals surface area contributed by atoms with Crippen LogP contribution in [0.5, 0.6) is 5.75 Å². The number of aromatic hydroxyl groups is 1. The Bertz CT molecular complexity index is 582. The van der Waals surface area contributed by atoms with Crippen molar-refractivity contribution in [3.05, 3.63) is 51.2 Å². The van der Waals surface area contributed by atoms with Crippen LogP contribution in [-0.2, 0) is 0 Å². The van der Waals surface area contributed by atoms with Gasteiger partial charge in [-0.05, 0) is 53.3 Å². The normalized spacial score (nSPS) is 10.1. The van der Waals surface area contributed by atoms with Crippen molar-refractivity contribution in [1.29, 1.82) is 0 Å². The van der Waals surface area contributed by atoms with Gasteiger partial charge in [-0.3, -0.25) is 4.79 Å². The fourth-order valence-electron chi connectivity index (χ4n) is 1.48. The Morgan fingerprint density at radius 3 is 2.78 bits per heavy atom. The second-order valence-corrected chi connectivity index (χ2v) is 5.03. The predicted octanol–water partition coefficient (Wildman–Crippen LogP) is 2.95. The maximum Gasteiger partial charge on any atom is 0.260 e. The number of benzene rings is 1. The lowest BCUT2D eigenvalue weighted by molar-refractivity contribution is 0.102. The number of pyridine rings is 1. The van der Waals surface area contributed by atoms with Crippen LogP contribution in [-0.4, -0.2) is 16.0 Å². The summed E-state index contributed by atoms with van der Waals surface area (Å²) in [5.74, 6) is 0.0896. The van der Waals surface area contributed by atoms with E-state index in [1.165, 1.54) is 0 Å². The molecule has 0 atom stereocenters. The molecule has 2 aromatic rings. The average molecular weight is 354 g/mol. The Labute approximate surface area is 118 Å². The van der Waals surface area contributed by atoms with E-state index in [9.17, 15) is 9.90 Å². The smallest absolute Gasteiger partial charge is 0.260 e. The molecule has 1 aromatic carbocycles. The first kappa shape index (κ1) is 12.8. The van der Waals surface area contributed by atoms with E-state index in [2.05, 4.69) is 32.9 Å². The summed E-state index contributed by atoms with van der Waals surface area (Å²) in [7, 11) is 0. The summed E-state index contributed by atoms with van der Waals surface area (Å²) >= 11 is 2.14. The van der Waals surface area contributed by atoms with Gasteiger partial charge in [-0.15, -0.1) is 0 Å². The molecule has 0 bridgehead atoms. The van der Waals surface area contributed by atoms with E-state index < -0.39 is 0 Å². The van der Waals surface area contributed by atoms with Crippen LogP contribution in [0.25, 0.3) is 0 Å². The van der Waals surface area contributed by atoms with Gasteiger partial charge in [0.15, 0.2) is 0 Å². The maximum atomic E-state index is 12.0. The van der Waals surface area contributed by atoms with E-state index in [0.717, 1.165) is 3.57 Å². The number of aromatic nitrogens is 1. The number of phenolic OH excluding ortho intramolecular Hbond substituents is 1. The highest BCUT2D eigenvalue weighted by molar-refractivity contribution is 14.1. The molecule has 0 saturated heterocycles. The third kappa shape index (κ3) is 2.79. The topological polar surface area (TPSA) is 62.2 Å². The number of carbonyl (C=O) groups excluding carboxylic acids is 1. The van der Waals surface area contributed by atoms with Crippen molar-refractivity contribution in [2.24, 2.45) is 0 Å². The van der Waals surface area contributed by atoms with Crippen LogP contribution in [0.15, 0.2) is 36.5 Å². The Morgan fingerprint density at radius 2 is 2.11 bits per heavy atom. The zero-order valence-electron chi connectivity index (χ0n) is 9.64. The number of para-hydroxylation sites is 1. The minimum atomic E-state index is -0.370. The van der Waals surface area contributed by atoms with Crippen LogP contribution < -0.4 is 5.32 Å². The molecule has 0 aliphatic rings. The highest BCUT2D eigenvalue weighted by Crippen LogP contribution is 2.22. The first-order chi connectivity index (χ1) is 8.58. The Hall–Kier alpha value is -1.63. The summed E-state index contributed by atoms with van der Waals surface area (Å²) in [5.41, 5.74) is 0.911. The number of nitrogens with zero attached hydrogens (tertiary/aromatic N) is 1. The molecule has 18 heavy (non-hydrogen) atoms. The van der Waals surface area contributed by atoms with Gasteiger partial charge in [0.1, 0.15) is 11.6 Å². The highest BCUT2D eigenvalue weighted by atomic mass is 127. The fraction of sp³-hybridized carbons (Fsp3) is 0.0769. The third-order valence-corrected chi connectivity index (χ3v) is 3.09. The number of rotatable bonds is 2. The molecule has 5 heteroatoms. The monoisotopic (exact) mass is 354 g/mol. The van der Waals surface area contributed by atoms with Crippen LogP contribution in [0.2, 0.25) is 0 Å². The number of phenols is 1. The first-order valence-corrected chi connectivity index (χ1v) is 6.37. The van der Waals surface area contributed by atoms with Crippen molar-refractivity contribution in [3.63, 3.8) is 0 Å². The number of hydrogen-bond donors (Lipinski definition) is 2. The van der Waals surface area contributed by atoms with Gasteiger partial charge in [-0.2, -0.15) is 0 Å². The second-order valence-electron chi connectivity index (χ2n) is 3.79. The van der Waals surface area contributed by atoms with E-state index in [1.54, 1.807) is 37.4 Å². The Morgan fingerprint density at radius 1 is 1.33 bits per heavy atom. The lowest BCUT2D eigenvalue weighted by atomic mass is 10.1. The number of aryl methyl sites for hydroxylation is 1. The van der Waals surface area contributed by atoms with Crippen molar-refractivity contribution >= 4 is 34.3 Å². The summed E-state index contributed by atoms with van der Waals surface area (Å²) in [4.78, 5) is 16.0. The van der Waals surface area contributed by atoms with Crippen LogP contribution in [0.3, 0.4) is 0 Å². The zero-order valence-corrected chi connectivity index (χ0v) is 11.8. The molecular weight excluding hydrogens is 343 g/mol. The quantitative estimate of drug-likeness (QED) is 0.816. The molecule has 0 aliphatic heterocycles. The van der Waals surface area contributed by atoms with E-state index in [1.807, 2.05) is 6.07 Å². The Balaban J connectivity index is 2.22. The second kappa shape index (κ2) is 5.34. The van der Waals surface area contributed by atoms with E-state index >= 15 is 0 Å². The SMILES string of the molecule is Cc1cccc(C(=O)Nc2ccc(I)cn2)c1O. The van der Waals surface area contributed by atoms with Crippen molar-refractivity contribution in [2.45, 2.75) is 6.92 Å². The van der Waals surface area contributed by atoms with E-state index in [4.69, 9.17) is 0 Å². The van der Waals surface area contributed by atoms with Gasteiger partial charge in [-0.1, -0.05) is 12.1 Å². The maximum absolute atomic E-state index is 12.0. The summed E-state index contributed by atoms with van der Waals surface area (Å²) in [6.45, 7) is 1.75. The average Bonchev–Trinajstić information content (AvgIpc) is 2.35. The molecule has 92 valence electrons. The molecule has 1 heterocycles. The van der Waals surface area contributed by atoms with Gasteiger partial charge >= 0.3 is 0 Å². The fourth-order valence-corrected chi connectivity index (χ4v) is 1.79. The van der Waals surface area contributed by atoms with E-state index in [-0.39, 0.29) is 17.2 Å². The standard InChI is InChI=1S/C13H11IN2O2/c1-8-3-2-4-10(12(8)17)13(18)16-11-6-5-9(14)7-15-11/h2-7,17H,1H3,(H,15,16,18). The van der Waals surface area contributed by atoms with Crippen LogP contribution in [0.1, 0.15) is 15.9 Å². The molecule has 2 N–H and O–H groups in total. The number of nitrogens with one attached hydrogen (secondary N) is 1. The minimum absolute atomic E-state index is 0.000474. The molecule has 0 fully saturated rings. The lowest BCUT2D eigenvalue weighted by Crippen LogP contribution is -2.13. The number of anilines is 1. The molecule has 0 unspecified atom stereocenters. The molecule has 1 amide bonds. The molecule has 1 aromatic heterocycles. The van der Waals surface area contributed by atoms with Gasteiger partial charge < -0.3 is 10.4 Å². The van der Waals surface area contributed by atoms with Crippen LogP contribution in [0, 0.1) is 10.5 Å². The van der Waals surface area contributed by atoms with Crippen molar-refractivity contribution in [3.8, 4) is 5.75 Å². The van der Waals surface area contributed by atoms with Gasteiger partial charge in [0.05, 0.1) is 5.56 Å². The largest absolute Gasteiger partial charge is 0.507 e. The lowest BCUT2D eigenvalue weighted by Gasteiger charge is -2.07. The summed E-state index contributed by atoms with van der Waals surface area (Å²) in [6.07, 6.45) is 1.66. The third-order valence-electron chi connectivity index (χ3n) is 2.45. The van der Waals surface area contributed by atoms with Gasteiger partial charge in [-0.25, -0.2) is 4.98 Å². The number of hydrogen-bond acceptors (Lipinski definition) is 3. The van der Waals surface area contributed by atoms with Crippen LogP contribution >= 0.6 is 22.6 Å². The predicted molar refractivity (Wildman–Crippen MR) is 77.8 cm³/mol. The summed E-state index contributed by atoms with van der Waals surface area (Å²) in [6, 6.07) is 8.61. The number of amides is 1. The van der Waals surface area contributed by atoms with Crippen molar-refractivity contribution in [1.82, 2.24) is 4.98 Å². The Kier molecular flexibility index (Phi) is 3.81. The van der Waals surface area contributed by atoms with Gasteiger partial charge in [0.2, 0.25) is 0 Å². The van der Waals surface area contributed by atoms with Crippen molar-refractivity contribution < 1.29 is 9.90 Å². The molecule has 0 spiro atoms. The van der Waals surface area contributed by atoms with Crippen LogP contribution in [0.4, 0.5) is 5.82 Å². The van der Waals surface area contributed by atoms with Crippen molar-refractivity contribution in [2.75, 3.05) is 5.32 Å². The zero-order chi connectivity index (χ0) is 13.1. The first-order valence-electron chi connectivity index (χ1n) is 5.29. The molecular formula is C13H11IN2O2. The molecule has 0 radical (unpaired) electrons. The summed E-state index contributed by atoms with van der Waals surface area (Å²) < 4.78 is 0.990. The van der Waals surface area contributed by atoms with E-state index in [0.29, 0.717) is 11.4 Å². The molecule has 4 nitrogen and oxygen atoms in total. The van der Waals surface area contributed by atoms with Gasteiger partial charge in [0, 0.05) is 9.77 Å². The highest BCUT2D eigenvalue weighted by Gasteiger charge is 2.12. The van der Waals surface area contributed by atoms with Gasteiger partial charge in [0.25, 0.3) is 5.91 Å². The molecule has 0 saturated carbocycles. The minimum Gasteiger partial charge on any atom is -0.507 e. The summed E-state index contributed by atoms with van der Waals surface area (Å²) in [5, 5.41) is 12.4.